The molecule has 0 N–H and O–H groups in total. The number of benzene rings is 4. The predicted molar refractivity (Wildman–Crippen MR) is 272 cm³/mol. The van der Waals surface area contributed by atoms with E-state index in [0.717, 1.165) is 24.7 Å². The fourth-order valence-electron chi connectivity index (χ4n) is 11.6. The molecule has 0 saturated carbocycles. The first-order valence-electron chi connectivity index (χ1n) is 26.2. The number of hydrogen-bond donors (Lipinski definition) is 0. The zero-order valence-corrected chi connectivity index (χ0v) is 39.9. The lowest BCUT2D eigenvalue weighted by Crippen LogP contribution is -2.26. The third kappa shape index (κ3) is 11.7. The van der Waals surface area contributed by atoms with Crippen LogP contribution in [0.1, 0.15) is 251 Å². The lowest BCUT2D eigenvalue weighted by molar-refractivity contribution is 0.112. The Kier molecular flexibility index (Phi) is 19.2. The Labute approximate surface area is 380 Å². The van der Waals surface area contributed by atoms with Gasteiger partial charge in [-0.1, -0.05) is 267 Å². The SMILES string of the molecule is CCCCCCCCC1(CCCCCCCC)c2ccccc2-c2ccc(/C=C/c3ccc4c(c3)C(CCCCCCCC)(CCCCCCCC)c3cc(C=O)ccc3-4)cc21. The molecule has 0 heterocycles. The predicted octanol–water partition coefficient (Wildman–Crippen LogP) is 19.2. The number of carbonyl (C=O) groups excluding carboxylic acids is 1. The summed E-state index contributed by atoms with van der Waals surface area (Å²) < 4.78 is 0. The molecule has 6 rings (SSSR count). The zero-order valence-electron chi connectivity index (χ0n) is 39.9. The Morgan fingerprint density at radius 2 is 0.645 bits per heavy atom. The Bertz CT molecular complexity index is 1960. The summed E-state index contributed by atoms with van der Waals surface area (Å²) in [6.45, 7) is 9.27. The molecule has 0 bridgehead atoms. The third-order valence-corrected chi connectivity index (χ3v) is 15.1. The van der Waals surface area contributed by atoms with Crippen LogP contribution in [-0.2, 0) is 10.8 Å². The first kappa shape index (κ1) is 47.8. The van der Waals surface area contributed by atoms with Crippen molar-refractivity contribution in [2.45, 2.75) is 218 Å². The lowest BCUT2D eigenvalue weighted by Gasteiger charge is -2.33. The molecule has 4 aromatic carbocycles. The molecule has 2 aliphatic carbocycles. The molecule has 1 heteroatoms. The number of fused-ring (bicyclic) bond motifs is 6. The van der Waals surface area contributed by atoms with Gasteiger partial charge < -0.3 is 0 Å². The molecule has 0 amide bonds. The molecule has 62 heavy (non-hydrogen) atoms. The van der Waals surface area contributed by atoms with Gasteiger partial charge in [-0.2, -0.15) is 0 Å². The summed E-state index contributed by atoms with van der Waals surface area (Å²) in [7, 11) is 0. The van der Waals surface area contributed by atoms with E-state index in [1.807, 2.05) is 6.07 Å². The van der Waals surface area contributed by atoms with Crippen molar-refractivity contribution < 1.29 is 4.79 Å². The van der Waals surface area contributed by atoms with Gasteiger partial charge in [0.1, 0.15) is 6.29 Å². The van der Waals surface area contributed by atoms with Crippen LogP contribution in [-0.4, -0.2) is 6.29 Å². The van der Waals surface area contributed by atoms with Crippen molar-refractivity contribution in [1.82, 2.24) is 0 Å². The van der Waals surface area contributed by atoms with Crippen LogP contribution < -0.4 is 0 Å². The van der Waals surface area contributed by atoms with E-state index in [-0.39, 0.29) is 10.8 Å². The van der Waals surface area contributed by atoms with E-state index in [1.54, 1.807) is 11.1 Å². The van der Waals surface area contributed by atoms with Crippen LogP contribution in [0.4, 0.5) is 0 Å². The molecule has 0 spiro atoms. The third-order valence-electron chi connectivity index (χ3n) is 15.1. The summed E-state index contributed by atoms with van der Waals surface area (Å²) in [6, 6.07) is 30.7. The number of rotatable bonds is 31. The van der Waals surface area contributed by atoms with Crippen molar-refractivity contribution in [3.63, 3.8) is 0 Å². The van der Waals surface area contributed by atoms with E-state index in [4.69, 9.17) is 0 Å². The lowest BCUT2D eigenvalue weighted by atomic mass is 9.70. The molecule has 2 aliphatic rings. The second-order valence-electron chi connectivity index (χ2n) is 19.6. The van der Waals surface area contributed by atoms with E-state index in [9.17, 15) is 4.79 Å². The highest BCUT2D eigenvalue weighted by molar-refractivity contribution is 5.87. The Balaban J connectivity index is 1.32. The van der Waals surface area contributed by atoms with Gasteiger partial charge in [-0.3, -0.25) is 4.79 Å². The van der Waals surface area contributed by atoms with Crippen LogP contribution in [0.3, 0.4) is 0 Å². The molecule has 0 radical (unpaired) electrons. The molecule has 0 fully saturated rings. The number of carbonyl (C=O) groups is 1. The first-order chi connectivity index (χ1) is 30.5. The highest BCUT2D eigenvalue weighted by Crippen LogP contribution is 2.56. The summed E-state index contributed by atoms with van der Waals surface area (Å²) in [5, 5.41) is 0. The minimum atomic E-state index is -0.0466. The number of unbranched alkanes of at least 4 members (excludes halogenated alkanes) is 20. The van der Waals surface area contributed by atoms with Gasteiger partial charge in [0.15, 0.2) is 0 Å². The summed E-state index contributed by atoms with van der Waals surface area (Å²) in [5.41, 5.74) is 15.2. The highest BCUT2D eigenvalue weighted by atomic mass is 16.1. The molecule has 0 atom stereocenters. The fraction of sp³-hybridized carbons (Fsp3) is 0.557. The van der Waals surface area contributed by atoms with Crippen LogP contribution >= 0.6 is 0 Å². The van der Waals surface area contributed by atoms with Crippen LogP contribution in [0.2, 0.25) is 0 Å². The van der Waals surface area contributed by atoms with E-state index >= 15 is 0 Å². The largest absolute Gasteiger partial charge is 0.298 e. The maximum atomic E-state index is 12.3. The van der Waals surface area contributed by atoms with E-state index in [0.29, 0.717) is 0 Å². The van der Waals surface area contributed by atoms with Crippen molar-refractivity contribution in [3.8, 4) is 22.3 Å². The summed E-state index contributed by atoms with van der Waals surface area (Å²) in [5.74, 6) is 0. The highest BCUT2D eigenvalue weighted by Gasteiger charge is 2.43. The maximum absolute atomic E-state index is 12.3. The van der Waals surface area contributed by atoms with Gasteiger partial charge in [0.25, 0.3) is 0 Å². The van der Waals surface area contributed by atoms with Crippen molar-refractivity contribution in [1.29, 1.82) is 0 Å². The van der Waals surface area contributed by atoms with Crippen LogP contribution in [0.25, 0.3) is 34.4 Å². The normalized spacial score (nSPS) is 14.3. The molecule has 1 nitrogen and oxygen atoms in total. The van der Waals surface area contributed by atoms with Gasteiger partial charge in [-0.05, 0) is 87.4 Å². The minimum Gasteiger partial charge on any atom is -0.298 e. The van der Waals surface area contributed by atoms with Crippen LogP contribution in [0, 0.1) is 0 Å². The molecule has 0 aromatic heterocycles. The van der Waals surface area contributed by atoms with Gasteiger partial charge in [0, 0.05) is 16.4 Å². The van der Waals surface area contributed by atoms with Crippen molar-refractivity contribution in [3.05, 3.63) is 118 Å². The molecule has 0 unspecified atom stereocenters. The maximum Gasteiger partial charge on any atom is 0.150 e. The van der Waals surface area contributed by atoms with Gasteiger partial charge >= 0.3 is 0 Å². The van der Waals surface area contributed by atoms with Crippen molar-refractivity contribution in [2.24, 2.45) is 0 Å². The second kappa shape index (κ2) is 25.0. The average molecular weight is 833 g/mol. The number of hydrogen-bond acceptors (Lipinski definition) is 1. The van der Waals surface area contributed by atoms with Gasteiger partial charge in [-0.15, -0.1) is 0 Å². The van der Waals surface area contributed by atoms with Gasteiger partial charge in [-0.25, -0.2) is 0 Å². The Hall–Kier alpha value is -3.71. The molecule has 0 saturated heterocycles. The van der Waals surface area contributed by atoms with Crippen molar-refractivity contribution >= 4 is 18.4 Å². The smallest absolute Gasteiger partial charge is 0.150 e. The monoisotopic (exact) mass is 833 g/mol. The van der Waals surface area contributed by atoms with Crippen molar-refractivity contribution in [2.75, 3.05) is 0 Å². The molecule has 0 aliphatic heterocycles. The van der Waals surface area contributed by atoms with E-state index < -0.39 is 0 Å². The zero-order chi connectivity index (χ0) is 43.5. The minimum absolute atomic E-state index is 0.0466. The molecular weight excluding hydrogens is 749 g/mol. The second-order valence-corrected chi connectivity index (χ2v) is 19.6. The van der Waals surface area contributed by atoms with Crippen LogP contribution in [0.15, 0.2) is 78.9 Å². The number of aldehydes is 1. The Morgan fingerprint density at radius 3 is 1.03 bits per heavy atom. The topological polar surface area (TPSA) is 17.1 Å². The molecule has 334 valence electrons. The summed E-state index contributed by atoms with van der Waals surface area (Å²) in [6.07, 6.45) is 42.4. The fourth-order valence-corrected chi connectivity index (χ4v) is 11.6. The summed E-state index contributed by atoms with van der Waals surface area (Å²) in [4.78, 5) is 12.3. The Morgan fingerprint density at radius 1 is 0.339 bits per heavy atom. The average Bonchev–Trinajstić information content (AvgIpc) is 3.73. The van der Waals surface area contributed by atoms with Gasteiger partial charge in [0.05, 0.1) is 0 Å². The standard InChI is InChI=1S/C61H84O/c1-5-9-13-17-21-27-41-60(42-28-22-18-14-10-6-2)56-32-26-25-31-52(56)53-38-35-49(45-57(53)60)33-34-50-36-39-54-55-40-37-51(48-62)47-59(55)61(58(54)46-50,43-29-23-19-15-11-7-3)44-30-24-20-16-12-8-4/h25-26,31-40,45-48H,5-24,27-30,41-44H2,1-4H3/b34-33+. The molecule has 4 aromatic rings. The quantitative estimate of drug-likeness (QED) is 0.0280. The summed E-state index contributed by atoms with van der Waals surface area (Å²) >= 11 is 0. The van der Waals surface area contributed by atoms with E-state index in [2.05, 4.69) is 113 Å². The first-order valence-corrected chi connectivity index (χ1v) is 26.2. The van der Waals surface area contributed by atoms with Crippen LogP contribution in [0.5, 0.6) is 0 Å². The molecular formula is C61H84O. The van der Waals surface area contributed by atoms with E-state index in [1.165, 1.54) is 211 Å². The van der Waals surface area contributed by atoms with Gasteiger partial charge in [0.2, 0.25) is 0 Å².